The summed E-state index contributed by atoms with van der Waals surface area (Å²) in [5.41, 5.74) is 0.0168. The zero-order chi connectivity index (χ0) is 22.5. The molecule has 8 heteroatoms. The van der Waals surface area contributed by atoms with Crippen LogP contribution < -0.4 is 9.47 Å². The molecule has 0 spiro atoms. The second kappa shape index (κ2) is 9.70. The van der Waals surface area contributed by atoms with Gasteiger partial charge in [0.2, 0.25) is 10.0 Å². The molecule has 168 valence electrons. The van der Waals surface area contributed by atoms with Crippen molar-refractivity contribution in [1.82, 2.24) is 4.31 Å². The first kappa shape index (κ1) is 23.1. The van der Waals surface area contributed by atoms with Gasteiger partial charge in [-0.05, 0) is 43.9 Å². The van der Waals surface area contributed by atoms with E-state index in [-0.39, 0.29) is 29.8 Å². The Morgan fingerprint density at radius 2 is 1.84 bits per heavy atom. The summed E-state index contributed by atoms with van der Waals surface area (Å²) in [5.74, 6) is 0.282. The quantitative estimate of drug-likeness (QED) is 0.578. The van der Waals surface area contributed by atoms with E-state index in [2.05, 4.69) is 0 Å². The smallest absolute Gasteiger partial charge is 0.313 e. The number of carbonyl (C=O) groups is 1. The Hall–Kier alpha value is -2.58. The number of ether oxygens (including phenoxy) is 3. The molecule has 0 saturated carbocycles. The molecular weight excluding hydrogens is 418 g/mol. The van der Waals surface area contributed by atoms with Crippen molar-refractivity contribution >= 4 is 16.0 Å². The van der Waals surface area contributed by atoms with Gasteiger partial charge in [-0.2, -0.15) is 4.31 Å². The van der Waals surface area contributed by atoms with E-state index in [1.165, 1.54) is 24.6 Å². The first-order valence-electron chi connectivity index (χ1n) is 10.3. The van der Waals surface area contributed by atoms with Crippen molar-refractivity contribution in [3.05, 3.63) is 54.1 Å². The van der Waals surface area contributed by atoms with Gasteiger partial charge in [-0.3, -0.25) is 4.79 Å². The average Bonchev–Trinajstić information content (AvgIpc) is 2.79. The van der Waals surface area contributed by atoms with Crippen LogP contribution in [0.3, 0.4) is 0 Å². The van der Waals surface area contributed by atoms with Crippen LogP contribution in [0.25, 0.3) is 0 Å². The monoisotopic (exact) mass is 447 g/mol. The number of piperidine rings is 1. The summed E-state index contributed by atoms with van der Waals surface area (Å²) in [6.07, 6.45) is 1.52. The Balaban J connectivity index is 2.00. The van der Waals surface area contributed by atoms with Crippen molar-refractivity contribution in [3.63, 3.8) is 0 Å². The molecule has 0 unspecified atom stereocenters. The predicted molar refractivity (Wildman–Crippen MR) is 117 cm³/mol. The molecule has 1 aliphatic heterocycles. The van der Waals surface area contributed by atoms with Gasteiger partial charge >= 0.3 is 5.97 Å². The maximum Gasteiger partial charge on any atom is 0.313 e. The van der Waals surface area contributed by atoms with E-state index in [4.69, 9.17) is 14.2 Å². The number of carbonyl (C=O) groups excluding carboxylic acids is 1. The first-order chi connectivity index (χ1) is 14.9. The molecule has 0 bridgehead atoms. The zero-order valence-electron chi connectivity index (χ0n) is 18.2. The standard InChI is InChI=1S/C23H29NO6S/c1-4-30-22(25)23(16-18-9-6-5-7-10-18)13-8-14-24(17-23)31(26,27)21-15-19(28-2)11-12-20(21)29-3/h5-7,9-12,15H,4,8,13-14,16-17H2,1-3H3/t23-/m1/s1. The lowest BCUT2D eigenvalue weighted by Gasteiger charge is -2.40. The third-order valence-corrected chi connectivity index (χ3v) is 7.49. The van der Waals surface area contributed by atoms with Crippen molar-refractivity contribution in [2.75, 3.05) is 33.9 Å². The van der Waals surface area contributed by atoms with E-state index < -0.39 is 15.4 Å². The summed E-state index contributed by atoms with van der Waals surface area (Å²) in [5, 5.41) is 0. The highest BCUT2D eigenvalue weighted by Gasteiger charge is 2.47. The Morgan fingerprint density at radius 3 is 2.48 bits per heavy atom. The van der Waals surface area contributed by atoms with E-state index in [0.29, 0.717) is 31.6 Å². The zero-order valence-corrected chi connectivity index (χ0v) is 19.0. The number of methoxy groups -OCH3 is 2. The van der Waals surface area contributed by atoms with Crippen molar-refractivity contribution in [1.29, 1.82) is 0 Å². The highest BCUT2D eigenvalue weighted by molar-refractivity contribution is 7.89. The summed E-state index contributed by atoms with van der Waals surface area (Å²) in [6.45, 7) is 2.36. The van der Waals surface area contributed by atoms with Crippen LogP contribution in [0.15, 0.2) is 53.4 Å². The van der Waals surface area contributed by atoms with Crippen LogP contribution in [0.5, 0.6) is 11.5 Å². The number of rotatable bonds is 8. The lowest BCUT2D eigenvalue weighted by atomic mass is 9.75. The fourth-order valence-electron chi connectivity index (χ4n) is 4.07. The minimum atomic E-state index is -3.93. The number of hydrogen-bond donors (Lipinski definition) is 0. The van der Waals surface area contributed by atoms with Crippen LogP contribution in [0.2, 0.25) is 0 Å². The van der Waals surface area contributed by atoms with Crippen LogP contribution in [0, 0.1) is 5.41 Å². The molecule has 2 aromatic carbocycles. The highest BCUT2D eigenvalue weighted by atomic mass is 32.2. The molecule has 7 nitrogen and oxygen atoms in total. The third kappa shape index (κ3) is 4.85. The molecule has 3 rings (SSSR count). The molecule has 0 radical (unpaired) electrons. The van der Waals surface area contributed by atoms with Crippen LogP contribution in [0.4, 0.5) is 0 Å². The number of esters is 1. The predicted octanol–water partition coefficient (Wildman–Crippen LogP) is 3.28. The van der Waals surface area contributed by atoms with Gasteiger partial charge in [0.25, 0.3) is 0 Å². The molecule has 0 N–H and O–H groups in total. The van der Waals surface area contributed by atoms with E-state index >= 15 is 0 Å². The van der Waals surface area contributed by atoms with Crippen molar-refractivity contribution in [3.8, 4) is 11.5 Å². The Kier molecular flexibility index (Phi) is 7.23. The second-order valence-corrected chi connectivity index (χ2v) is 9.53. The maximum absolute atomic E-state index is 13.6. The minimum absolute atomic E-state index is 0.0220. The number of hydrogen-bond acceptors (Lipinski definition) is 6. The Bertz CT molecular complexity index is 1010. The first-order valence-corrected chi connectivity index (χ1v) is 11.7. The largest absolute Gasteiger partial charge is 0.497 e. The average molecular weight is 448 g/mol. The van der Waals surface area contributed by atoms with Crippen molar-refractivity contribution in [2.45, 2.75) is 31.1 Å². The molecule has 1 saturated heterocycles. The van der Waals surface area contributed by atoms with Gasteiger partial charge in [0.15, 0.2) is 0 Å². The number of nitrogens with zero attached hydrogens (tertiary/aromatic N) is 1. The van der Waals surface area contributed by atoms with Crippen molar-refractivity contribution in [2.24, 2.45) is 5.41 Å². The van der Waals surface area contributed by atoms with Crippen LogP contribution in [-0.2, 0) is 26.0 Å². The molecular formula is C23H29NO6S. The fraction of sp³-hybridized carbons (Fsp3) is 0.435. The Labute approximate surface area is 184 Å². The normalized spacial score (nSPS) is 19.6. The summed E-state index contributed by atoms with van der Waals surface area (Å²) in [4.78, 5) is 13.1. The summed E-state index contributed by atoms with van der Waals surface area (Å²) < 4.78 is 44.5. The molecule has 1 aliphatic rings. The summed E-state index contributed by atoms with van der Waals surface area (Å²) in [6, 6.07) is 14.3. The molecule has 1 heterocycles. The van der Waals surface area contributed by atoms with Gasteiger partial charge in [-0.15, -0.1) is 0 Å². The van der Waals surface area contributed by atoms with Gasteiger partial charge < -0.3 is 14.2 Å². The third-order valence-electron chi connectivity index (χ3n) is 5.62. The van der Waals surface area contributed by atoms with Gasteiger partial charge in [0.05, 0.1) is 26.2 Å². The molecule has 31 heavy (non-hydrogen) atoms. The molecule has 0 aromatic heterocycles. The summed E-state index contributed by atoms with van der Waals surface area (Å²) in [7, 11) is -1.03. The SMILES string of the molecule is CCOC(=O)[C@@]1(Cc2ccccc2)CCCN(S(=O)(=O)c2cc(OC)ccc2OC)C1. The molecule has 0 aliphatic carbocycles. The molecule has 2 aromatic rings. The Morgan fingerprint density at radius 1 is 1.10 bits per heavy atom. The summed E-state index contributed by atoms with van der Waals surface area (Å²) >= 11 is 0. The number of sulfonamides is 1. The topological polar surface area (TPSA) is 82.1 Å². The van der Waals surface area contributed by atoms with E-state index in [1.807, 2.05) is 30.3 Å². The van der Waals surface area contributed by atoms with Gasteiger partial charge in [0, 0.05) is 19.2 Å². The molecule has 0 amide bonds. The van der Waals surface area contributed by atoms with E-state index in [1.54, 1.807) is 19.1 Å². The maximum atomic E-state index is 13.6. The number of benzene rings is 2. The lowest BCUT2D eigenvalue weighted by molar-refractivity contribution is -0.157. The van der Waals surface area contributed by atoms with Crippen LogP contribution in [-0.4, -0.2) is 52.6 Å². The molecule has 1 fully saturated rings. The van der Waals surface area contributed by atoms with Gasteiger partial charge in [0.1, 0.15) is 16.4 Å². The fourth-order valence-corrected chi connectivity index (χ4v) is 5.81. The highest BCUT2D eigenvalue weighted by Crippen LogP contribution is 2.39. The van der Waals surface area contributed by atoms with E-state index in [9.17, 15) is 13.2 Å². The van der Waals surface area contributed by atoms with Crippen LogP contribution >= 0.6 is 0 Å². The minimum Gasteiger partial charge on any atom is -0.497 e. The lowest BCUT2D eigenvalue weighted by Crippen LogP contribution is -2.51. The van der Waals surface area contributed by atoms with Gasteiger partial charge in [-0.25, -0.2) is 8.42 Å². The van der Waals surface area contributed by atoms with Crippen LogP contribution in [0.1, 0.15) is 25.3 Å². The van der Waals surface area contributed by atoms with Gasteiger partial charge in [-0.1, -0.05) is 30.3 Å². The molecule has 1 atom stereocenters. The van der Waals surface area contributed by atoms with E-state index in [0.717, 1.165) is 5.56 Å². The van der Waals surface area contributed by atoms with Crippen molar-refractivity contribution < 1.29 is 27.4 Å². The second-order valence-electron chi connectivity index (χ2n) is 7.62.